The minimum Gasteiger partial charge on any atom is -0.338 e. The van der Waals surface area contributed by atoms with Crippen molar-refractivity contribution in [2.75, 3.05) is 9.80 Å². The normalized spacial score (nSPS) is 14.4. The van der Waals surface area contributed by atoms with E-state index in [0.717, 1.165) is 13.0 Å². The molecule has 0 saturated heterocycles. The molecule has 2 heterocycles. The van der Waals surface area contributed by atoms with Crippen LogP contribution >= 0.6 is 0 Å². The Morgan fingerprint density at radius 2 is 1.07 bits per heavy atom. The SMILES string of the molecule is Cc1ccc(N2c3ccccc3B3c4ccccc4N(Cc4cc(C(C)(C)C)cc(C(C)(C)C)c4)c4cc(C5c6ccccc6Cc6ccccc65)cc2c43)cc1. The van der Waals surface area contributed by atoms with Crippen LogP contribution in [0.1, 0.15) is 97.5 Å². The van der Waals surface area contributed by atoms with Crippen molar-refractivity contribution in [2.45, 2.75) is 78.2 Å². The molecule has 3 aliphatic rings. The lowest BCUT2D eigenvalue weighted by atomic mass is 9.33. The highest BCUT2D eigenvalue weighted by Gasteiger charge is 2.44. The quantitative estimate of drug-likeness (QED) is 0.166. The van der Waals surface area contributed by atoms with Crippen molar-refractivity contribution < 1.29 is 0 Å². The summed E-state index contributed by atoms with van der Waals surface area (Å²) in [5.41, 5.74) is 22.8. The van der Waals surface area contributed by atoms with Crippen molar-refractivity contribution in [3.63, 3.8) is 0 Å². The first-order chi connectivity index (χ1) is 27.4. The number of benzene rings is 7. The van der Waals surface area contributed by atoms with Gasteiger partial charge in [-0.2, -0.15) is 0 Å². The number of aryl methyl sites for hydroxylation is 1. The van der Waals surface area contributed by atoms with E-state index in [0.29, 0.717) is 0 Å². The molecule has 280 valence electrons. The van der Waals surface area contributed by atoms with E-state index in [1.165, 1.54) is 94.9 Å². The second-order valence-corrected chi connectivity index (χ2v) is 18.7. The van der Waals surface area contributed by atoms with Crippen molar-refractivity contribution in [1.82, 2.24) is 0 Å². The van der Waals surface area contributed by atoms with Gasteiger partial charge in [-0.3, -0.25) is 0 Å². The highest BCUT2D eigenvalue weighted by atomic mass is 15.2. The maximum absolute atomic E-state index is 2.66. The number of anilines is 5. The Balaban J connectivity index is 1.28. The van der Waals surface area contributed by atoms with Gasteiger partial charge >= 0.3 is 0 Å². The van der Waals surface area contributed by atoms with Gasteiger partial charge in [0.05, 0.1) is 0 Å². The third kappa shape index (κ3) is 5.93. The average Bonchev–Trinajstić information content (AvgIpc) is 3.20. The highest BCUT2D eigenvalue weighted by molar-refractivity contribution is 7.00. The fraction of sp³-hybridized carbons (Fsp3) is 0.222. The summed E-state index contributed by atoms with van der Waals surface area (Å²) >= 11 is 0. The number of hydrogen-bond acceptors (Lipinski definition) is 2. The van der Waals surface area contributed by atoms with Gasteiger partial charge in [-0.1, -0.05) is 162 Å². The molecule has 0 amide bonds. The van der Waals surface area contributed by atoms with Crippen molar-refractivity contribution >= 4 is 51.5 Å². The van der Waals surface area contributed by atoms with E-state index in [1.54, 1.807) is 0 Å². The van der Waals surface area contributed by atoms with Crippen LogP contribution in [0, 0.1) is 6.92 Å². The lowest BCUT2D eigenvalue weighted by molar-refractivity contribution is 0.566. The van der Waals surface area contributed by atoms with E-state index in [1.807, 2.05) is 0 Å². The molecule has 0 radical (unpaired) electrons. The van der Waals surface area contributed by atoms with Gasteiger partial charge in [0.2, 0.25) is 0 Å². The van der Waals surface area contributed by atoms with E-state index >= 15 is 0 Å². The minimum absolute atomic E-state index is 0.0278. The van der Waals surface area contributed by atoms with Crippen LogP contribution in [-0.4, -0.2) is 6.71 Å². The average molecular weight is 739 g/mol. The third-order valence-corrected chi connectivity index (χ3v) is 12.8. The van der Waals surface area contributed by atoms with Crippen LogP contribution in [0.15, 0.2) is 152 Å². The van der Waals surface area contributed by atoms with Crippen LogP contribution in [-0.2, 0) is 23.8 Å². The Bertz CT molecular complexity index is 2610. The molecule has 10 rings (SSSR count). The van der Waals surface area contributed by atoms with Gasteiger partial charge < -0.3 is 9.80 Å². The third-order valence-electron chi connectivity index (χ3n) is 12.8. The first-order valence-electron chi connectivity index (χ1n) is 20.7. The topological polar surface area (TPSA) is 6.48 Å². The predicted molar refractivity (Wildman–Crippen MR) is 243 cm³/mol. The minimum atomic E-state index is 0.0278. The van der Waals surface area contributed by atoms with Gasteiger partial charge in [-0.15, -0.1) is 0 Å². The summed E-state index contributed by atoms with van der Waals surface area (Å²) < 4.78 is 0. The van der Waals surface area contributed by atoms with Crippen LogP contribution in [0.4, 0.5) is 28.4 Å². The van der Waals surface area contributed by atoms with Gasteiger partial charge in [0.1, 0.15) is 0 Å². The number of hydrogen-bond donors (Lipinski definition) is 0. The Kier molecular flexibility index (Phi) is 8.20. The standard InChI is InChI=1S/C54H51BN2/c1-35-24-26-42(27-25-35)57-48-23-15-13-21-46(48)55-45-20-12-14-22-47(45)56(34-36-28-40(53(2,3)4)33-41(29-36)54(5,6)7)49-31-39(32-50(57)52(49)55)51-43-18-10-8-16-37(43)30-38-17-9-11-19-44(38)51/h8-29,31-33,51H,30,34H2,1-7H3. The van der Waals surface area contributed by atoms with E-state index in [4.69, 9.17) is 0 Å². The zero-order valence-electron chi connectivity index (χ0n) is 34.4. The zero-order valence-corrected chi connectivity index (χ0v) is 34.4. The maximum atomic E-state index is 2.66. The molecule has 3 heteroatoms. The molecule has 1 aliphatic carbocycles. The summed E-state index contributed by atoms with van der Waals surface area (Å²) in [7, 11) is 0. The monoisotopic (exact) mass is 738 g/mol. The molecule has 2 nitrogen and oxygen atoms in total. The van der Waals surface area contributed by atoms with Crippen LogP contribution in [0.25, 0.3) is 0 Å². The molecule has 0 N–H and O–H groups in total. The molecular formula is C54H51BN2. The highest BCUT2D eigenvalue weighted by Crippen LogP contribution is 2.47. The van der Waals surface area contributed by atoms with Gasteiger partial charge in [-0.05, 0) is 121 Å². The first-order valence-corrected chi connectivity index (χ1v) is 20.7. The van der Waals surface area contributed by atoms with Crippen LogP contribution in [0.2, 0.25) is 0 Å². The molecule has 57 heavy (non-hydrogen) atoms. The summed E-state index contributed by atoms with van der Waals surface area (Å²) in [6.45, 7) is 17.1. The number of nitrogens with zero attached hydrogens (tertiary/aromatic N) is 2. The Morgan fingerprint density at radius 1 is 0.544 bits per heavy atom. The predicted octanol–water partition coefficient (Wildman–Crippen LogP) is 11.6. The van der Waals surface area contributed by atoms with Crippen molar-refractivity contribution in [3.05, 3.63) is 202 Å². The molecule has 7 aromatic carbocycles. The van der Waals surface area contributed by atoms with Gasteiger partial charge in [0, 0.05) is 40.9 Å². The molecule has 0 saturated carbocycles. The van der Waals surface area contributed by atoms with Crippen molar-refractivity contribution in [1.29, 1.82) is 0 Å². The largest absolute Gasteiger partial charge is 0.338 e. The smallest absolute Gasteiger partial charge is 0.252 e. The van der Waals surface area contributed by atoms with Gasteiger partial charge in [0.25, 0.3) is 6.71 Å². The number of fused-ring (bicyclic) bond motifs is 6. The molecule has 0 bridgehead atoms. The second kappa shape index (κ2) is 13.1. The molecule has 7 aromatic rings. The lowest BCUT2D eigenvalue weighted by Gasteiger charge is -2.45. The van der Waals surface area contributed by atoms with Crippen molar-refractivity contribution in [3.8, 4) is 0 Å². The molecular weight excluding hydrogens is 687 g/mol. The van der Waals surface area contributed by atoms with Gasteiger partial charge in [-0.25, -0.2) is 0 Å². The fourth-order valence-electron chi connectivity index (χ4n) is 9.83. The number of para-hydroxylation sites is 2. The molecule has 0 atom stereocenters. The molecule has 0 fully saturated rings. The molecule has 0 unspecified atom stereocenters. The zero-order chi connectivity index (χ0) is 39.2. The summed E-state index contributed by atoms with van der Waals surface area (Å²) in [6, 6.07) is 58.3. The van der Waals surface area contributed by atoms with E-state index in [-0.39, 0.29) is 23.5 Å². The molecule has 2 aliphatic heterocycles. The fourth-order valence-corrected chi connectivity index (χ4v) is 9.83. The van der Waals surface area contributed by atoms with Crippen molar-refractivity contribution in [2.24, 2.45) is 0 Å². The van der Waals surface area contributed by atoms with Crippen LogP contribution < -0.4 is 26.2 Å². The van der Waals surface area contributed by atoms with E-state index in [9.17, 15) is 0 Å². The van der Waals surface area contributed by atoms with E-state index < -0.39 is 0 Å². The summed E-state index contributed by atoms with van der Waals surface area (Å²) in [5.74, 6) is 0.110. The summed E-state index contributed by atoms with van der Waals surface area (Å²) in [4.78, 5) is 5.21. The van der Waals surface area contributed by atoms with Crippen LogP contribution in [0.3, 0.4) is 0 Å². The Hall–Kier alpha value is -5.80. The Morgan fingerprint density at radius 3 is 1.68 bits per heavy atom. The first kappa shape index (κ1) is 35.6. The molecule has 0 spiro atoms. The maximum Gasteiger partial charge on any atom is 0.252 e. The Labute approximate surface area is 339 Å². The summed E-state index contributed by atoms with van der Waals surface area (Å²) in [5, 5.41) is 0. The second-order valence-electron chi connectivity index (χ2n) is 18.7. The number of rotatable bonds is 4. The van der Waals surface area contributed by atoms with E-state index in [2.05, 4.69) is 210 Å². The lowest BCUT2D eigenvalue weighted by Crippen LogP contribution is -2.61. The summed E-state index contributed by atoms with van der Waals surface area (Å²) in [6.07, 6.45) is 0.964. The molecule has 0 aromatic heterocycles. The van der Waals surface area contributed by atoms with Gasteiger partial charge in [0.15, 0.2) is 0 Å². The van der Waals surface area contributed by atoms with Crippen LogP contribution in [0.5, 0.6) is 0 Å².